The largest absolute Gasteiger partial charge is 0.357 e. The molecule has 6 heteroatoms. The van der Waals surface area contributed by atoms with Gasteiger partial charge in [-0.1, -0.05) is 30.3 Å². The molecule has 1 fully saturated rings. The van der Waals surface area contributed by atoms with Crippen molar-refractivity contribution < 1.29 is 4.79 Å². The summed E-state index contributed by atoms with van der Waals surface area (Å²) in [6, 6.07) is 10.6. The van der Waals surface area contributed by atoms with E-state index in [-0.39, 0.29) is 11.9 Å². The van der Waals surface area contributed by atoms with Crippen molar-refractivity contribution in [3.63, 3.8) is 0 Å². The molecule has 138 valence electrons. The summed E-state index contributed by atoms with van der Waals surface area (Å²) < 4.78 is 0. The number of aromatic nitrogens is 2. The van der Waals surface area contributed by atoms with E-state index in [1.807, 2.05) is 23.1 Å². The predicted octanol–water partition coefficient (Wildman–Crippen LogP) is 2.30. The summed E-state index contributed by atoms with van der Waals surface area (Å²) in [5.41, 5.74) is 1.80. The molecule has 1 aromatic carbocycles. The van der Waals surface area contributed by atoms with Gasteiger partial charge in [0, 0.05) is 32.0 Å². The van der Waals surface area contributed by atoms with E-state index in [1.54, 1.807) is 19.4 Å². The second-order valence-corrected chi connectivity index (χ2v) is 6.81. The van der Waals surface area contributed by atoms with Crippen LogP contribution in [0.3, 0.4) is 0 Å². The van der Waals surface area contributed by atoms with Gasteiger partial charge < -0.3 is 15.1 Å². The van der Waals surface area contributed by atoms with Crippen LogP contribution in [0.5, 0.6) is 0 Å². The van der Waals surface area contributed by atoms with Gasteiger partial charge in [0.15, 0.2) is 0 Å². The summed E-state index contributed by atoms with van der Waals surface area (Å²) in [6.07, 6.45) is 6.10. The van der Waals surface area contributed by atoms with Crippen molar-refractivity contribution in [1.82, 2.24) is 19.8 Å². The minimum Gasteiger partial charge on any atom is -0.357 e. The average molecular weight is 353 g/mol. The van der Waals surface area contributed by atoms with E-state index in [1.165, 1.54) is 5.56 Å². The zero-order valence-corrected chi connectivity index (χ0v) is 15.6. The SMILES string of the molecule is CNc1ncc(C(=O)N(CCc2ccccc2)C2CCN(C)CC2)cn1. The summed E-state index contributed by atoms with van der Waals surface area (Å²) >= 11 is 0. The molecule has 3 rings (SSSR count). The number of rotatable bonds is 6. The minimum absolute atomic E-state index is 0.0261. The van der Waals surface area contributed by atoms with E-state index in [4.69, 9.17) is 0 Å². The van der Waals surface area contributed by atoms with E-state index in [0.29, 0.717) is 18.1 Å². The van der Waals surface area contributed by atoms with E-state index in [9.17, 15) is 4.79 Å². The molecule has 2 heterocycles. The lowest BCUT2D eigenvalue weighted by molar-refractivity contribution is 0.0593. The Balaban J connectivity index is 1.75. The summed E-state index contributed by atoms with van der Waals surface area (Å²) in [5, 5.41) is 2.88. The van der Waals surface area contributed by atoms with Gasteiger partial charge in [0.1, 0.15) is 0 Å². The fourth-order valence-corrected chi connectivity index (χ4v) is 3.38. The first kappa shape index (κ1) is 18.3. The molecule has 0 bridgehead atoms. The molecule has 0 saturated carbocycles. The van der Waals surface area contributed by atoms with Crippen molar-refractivity contribution in [2.75, 3.05) is 39.0 Å². The van der Waals surface area contributed by atoms with Crippen molar-refractivity contribution in [2.24, 2.45) is 0 Å². The van der Waals surface area contributed by atoms with Crippen LogP contribution in [-0.4, -0.2) is 65.4 Å². The number of amides is 1. The number of anilines is 1. The molecular weight excluding hydrogens is 326 g/mol. The molecule has 1 aliphatic heterocycles. The monoisotopic (exact) mass is 353 g/mol. The van der Waals surface area contributed by atoms with Crippen LogP contribution in [0.4, 0.5) is 5.95 Å². The number of carbonyl (C=O) groups excluding carboxylic acids is 1. The molecule has 1 aromatic heterocycles. The van der Waals surface area contributed by atoms with Gasteiger partial charge in [-0.15, -0.1) is 0 Å². The van der Waals surface area contributed by atoms with Gasteiger partial charge in [0.05, 0.1) is 5.56 Å². The predicted molar refractivity (Wildman–Crippen MR) is 103 cm³/mol. The third kappa shape index (κ3) is 4.58. The summed E-state index contributed by atoms with van der Waals surface area (Å²) in [5.74, 6) is 0.551. The maximum absolute atomic E-state index is 13.2. The third-order valence-electron chi connectivity index (χ3n) is 5.00. The Kier molecular flexibility index (Phi) is 6.17. The minimum atomic E-state index is 0.0261. The first-order valence-corrected chi connectivity index (χ1v) is 9.20. The topological polar surface area (TPSA) is 61.4 Å². The van der Waals surface area contributed by atoms with Crippen molar-refractivity contribution in [3.05, 3.63) is 53.9 Å². The lowest BCUT2D eigenvalue weighted by Crippen LogP contribution is -2.47. The van der Waals surface area contributed by atoms with E-state index in [0.717, 1.165) is 32.4 Å². The summed E-state index contributed by atoms with van der Waals surface area (Å²) in [7, 11) is 3.90. The van der Waals surface area contributed by atoms with Crippen molar-refractivity contribution in [3.8, 4) is 0 Å². The van der Waals surface area contributed by atoms with Crippen molar-refractivity contribution >= 4 is 11.9 Å². The van der Waals surface area contributed by atoms with Crippen LogP contribution < -0.4 is 5.32 Å². The number of likely N-dealkylation sites (tertiary alicyclic amines) is 1. The molecule has 1 saturated heterocycles. The number of benzene rings is 1. The number of carbonyl (C=O) groups is 1. The van der Waals surface area contributed by atoms with Gasteiger partial charge in [0.2, 0.25) is 5.95 Å². The Morgan fingerprint density at radius 1 is 1.19 bits per heavy atom. The highest BCUT2D eigenvalue weighted by Crippen LogP contribution is 2.19. The lowest BCUT2D eigenvalue weighted by atomic mass is 10.0. The maximum atomic E-state index is 13.2. The highest BCUT2D eigenvalue weighted by atomic mass is 16.2. The van der Waals surface area contributed by atoms with Crippen LogP contribution in [0.2, 0.25) is 0 Å². The number of piperidine rings is 1. The molecule has 0 atom stereocenters. The normalized spacial score (nSPS) is 15.6. The summed E-state index contributed by atoms with van der Waals surface area (Å²) in [6.45, 7) is 2.76. The van der Waals surface area contributed by atoms with Crippen molar-refractivity contribution in [2.45, 2.75) is 25.3 Å². The average Bonchev–Trinajstić information content (AvgIpc) is 2.70. The summed E-state index contributed by atoms with van der Waals surface area (Å²) in [4.78, 5) is 25.9. The van der Waals surface area contributed by atoms with Gasteiger partial charge in [-0.3, -0.25) is 4.79 Å². The van der Waals surface area contributed by atoms with Crippen molar-refractivity contribution in [1.29, 1.82) is 0 Å². The number of nitrogens with one attached hydrogen (secondary N) is 1. The first-order chi connectivity index (χ1) is 12.7. The zero-order valence-electron chi connectivity index (χ0n) is 15.6. The van der Waals surface area contributed by atoms with Gasteiger partial charge >= 0.3 is 0 Å². The zero-order chi connectivity index (χ0) is 18.4. The number of nitrogens with zero attached hydrogens (tertiary/aromatic N) is 4. The number of hydrogen-bond acceptors (Lipinski definition) is 5. The quantitative estimate of drug-likeness (QED) is 0.863. The van der Waals surface area contributed by atoms with Crippen LogP contribution in [0, 0.1) is 0 Å². The Hall–Kier alpha value is -2.47. The second kappa shape index (κ2) is 8.76. The number of hydrogen-bond donors (Lipinski definition) is 1. The Morgan fingerprint density at radius 2 is 1.85 bits per heavy atom. The lowest BCUT2D eigenvalue weighted by Gasteiger charge is -2.37. The molecule has 0 radical (unpaired) electrons. The molecule has 2 aromatic rings. The second-order valence-electron chi connectivity index (χ2n) is 6.81. The fourth-order valence-electron chi connectivity index (χ4n) is 3.38. The Bertz CT molecular complexity index is 696. The highest BCUT2D eigenvalue weighted by Gasteiger charge is 2.27. The molecule has 1 amide bonds. The van der Waals surface area contributed by atoms with Gasteiger partial charge in [-0.2, -0.15) is 0 Å². The van der Waals surface area contributed by atoms with E-state index >= 15 is 0 Å². The van der Waals surface area contributed by atoms with Crippen LogP contribution >= 0.6 is 0 Å². The molecule has 1 N–H and O–H groups in total. The molecule has 0 unspecified atom stereocenters. The standard InChI is InChI=1S/C20H27N5O/c1-21-20-22-14-17(15-23-20)19(26)25(18-9-11-24(2)12-10-18)13-8-16-6-4-3-5-7-16/h3-7,14-15,18H,8-13H2,1-2H3,(H,21,22,23). The van der Waals surface area contributed by atoms with Crippen LogP contribution in [0.15, 0.2) is 42.7 Å². The van der Waals surface area contributed by atoms with Gasteiger partial charge in [-0.05, 0) is 45.0 Å². The molecule has 0 aliphatic carbocycles. The maximum Gasteiger partial charge on any atom is 0.257 e. The fraction of sp³-hybridized carbons (Fsp3) is 0.450. The smallest absolute Gasteiger partial charge is 0.257 e. The molecule has 0 spiro atoms. The molecule has 6 nitrogen and oxygen atoms in total. The van der Waals surface area contributed by atoms with Crippen LogP contribution in [-0.2, 0) is 6.42 Å². The van der Waals surface area contributed by atoms with Crippen LogP contribution in [0.1, 0.15) is 28.8 Å². The molecular formula is C20H27N5O. The van der Waals surface area contributed by atoms with Gasteiger partial charge in [-0.25, -0.2) is 9.97 Å². The Morgan fingerprint density at radius 3 is 2.46 bits per heavy atom. The molecule has 1 aliphatic rings. The first-order valence-electron chi connectivity index (χ1n) is 9.20. The molecule has 26 heavy (non-hydrogen) atoms. The Labute approximate surface area is 155 Å². The van der Waals surface area contributed by atoms with Gasteiger partial charge in [0.25, 0.3) is 5.91 Å². The van der Waals surface area contributed by atoms with Crippen LogP contribution in [0.25, 0.3) is 0 Å². The highest BCUT2D eigenvalue weighted by molar-refractivity contribution is 5.94. The van der Waals surface area contributed by atoms with E-state index < -0.39 is 0 Å². The third-order valence-corrected chi connectivity index (χ3v) is 5.00. The van der Waals surface area contributed by atoms with E-state index in [2.05, 4.69) is 39.4 Å².